The molecule has 6 nitrogen and oxygen atoms in total. The third-order valence-electron chi connectivity index (χ3n) is 3.28. The molecule has 1 aliphatic heterocycles. The number of hydrogen-bond donors (Lipinski definition) is 2. The number of carbonyl (C=O) groups excluding carboxylic acids is 1. The van der Waals surface area contributed by atoms with Crippen molar-refractivity contribution in [3.63, 3.8) is 0 Å². The molecule has 2 atom stereocenters. The second kappa shape index (κ2) is 7.99. The number of carboxylic acid groups (broad SMARTS) is 1. The van der Waals surface area contributed by atoms with Crippen LogP contribution in [0.25, 0.3) is 0 Å². The first-order valence-corrected chi connectivity index (χ1v) is 6.91. The zero-order valence-corrected chi connectivity index (χ0v) is 11.7. The van der Waals surface area contributed by atoms with E-state index < -0.39 is 5.97 Å². The average Bonchev–Trinajstić information content (AvgIpc) is 2.38. The number of ether oxygens (including phenoxy) is 1. The van der Waals surface area contributed by atoms with E-state index in [0.29, 0.717) is 32.5 Å². The van der Waals surface area contributed by atoms with Crippen molar-refractivity contribution in [3.8, 4) is 0 Å². The zero-order chi connectivity index (χ0) is 14.3. The van der Waals surface area contributed by atoms with E-state index in [1.54, 1.807) is 4.90 Å². The van der Waals surface area contributed by atoms with Gasteiger partial charge in [0.25, 0.3) is 0 Å². The fourth-order valence-corrected chi connectivity index (χ4v) is 2.08. The molecule has 19 heavy (non-hydrogen) atoms. The summed E-state index contributed by atoms with van der Waals surface area (Å²) in [6.07, 6.45) is 2.44. The van der Waals surface area contributed by atoms with Crippen LogP contribution >= 0.6 is 0 Å². The normalized spacial score (nSPS) is 20.9. The van der Waals surface area contributed by atoms with Gasteiger partial charge in [-0.15, -0.1) is 0 Å². The summed E-state index contributed by atoms with van der Waals surface area (Å²) < 4.78 is 5.52. The fourth-order valence-electron chi connectivity index (χ4n) is 2.08. The van der Waals surface area contributed by atoms with Crippen molar-refractivity contribution in [2.45, 2.75) is 51.7 Å². The molecule has 0 aliphatic carbocycles. The van der Waals surface area contributed by atoms with Crippen molar-refractivity contribution < 1.29 is 19.4 Å². The average molecular weight is 272 g/mol. The zero-order valence-electron chi connectivity index (χ0n) is 11.7. The molecule has 110 valence electrons. The summed E-state index contributed by atoms with van der Waals surface area (Å²) in [5.41, 5.74) is 0. The Morgan fingerprint density at radius 2 is 2.26 bits per heavy atom. The fraction of sp³-hybridized carbons (Fsp3) is 0.846. The number of amides is 2. The van der Waals surface area contributed by atoms with Crippen LogP contribution in [0.2, 0.25) is 0 Å². The number of rotatable bonds is 6. The second-order valence-corrected chi connectivity index (χ2v) is 4.98. The van der Waals surface area contributed by atoms with E-state index in [9.17, 15) is 9.59 Å². The highest BCUT2D eigenvalue weighted by Crippen LogP contribution is 2.09. The van der Waals surface area contributed by atoms with Crippen molar-refractivity contribution in [2.24, 2.45) is 0 Å². The molecule has 6 heteroatoms. The minimum absolute atomic E-state index is 0.00484. The SMILES string of the molecule is CCC1CN(C(=O)NC(C)CCCC(=O)O)CCO1. The summed E-state index contributed by atoms with van der Waals surface area (Å²) >= 11 is 0. The number of nitrogens with one attached hydrogen (secondary N) is 1. The van der Waals surface area contributed by atoms with Gasteiger partial charge >= 0.3 is 12.0 Å². The third-order valence-corrected chi connectivity index (χ3v) is 3.28. The van der Waals surface area contributed by atoms with Gasteiger partial charge in [0.2, 0.25) is 0 Å². The maximum absolute atomic E-state index is 12.0. The number of aliphatic carboxylic acids is 1. The Balaban J connectivity index is 2.27. The molecule has 0 spiro atoms. The Bertz CT molecular complexity index is 309. The van der Waals surface area contributed by atoms with Crippen molar-refractivity contribution in [2.75, 3.05) is 19.7 Å². The van der Waals surface area contributed by atoms with Gasteiger partial charge in [0.05, 0.1) is 12.7 Å². The van der Waals surface area contributed by atoms with Crippen LogP contribution in [0, 0.1) is 0 Å². The highest BCUT2D eigenvalue weighted by molar-refractivity contribution is 5.74. The molecule has 2 amide bonds. The lowest BCUT2D eigenvalue weighted by Crippen LogP contribution is -2.51. The number of carbonyl (C=O) groups is 2. The Labute approximate surface area is 114 Å². The largest absolute Gasteiger partial charge is 0.481 e. The van der Waals surface area contributed by atoms with Crippen LogP contribution < -0.4 is 5.32 Å². The van der Waals surface area contributed by atoms with Crippen LogP contribution in [0.5, 0.6) is 0 Å². The Kier molecular flexibility index (Phi) is 6.62. The van der Waals surface area contributed by atoms with E-state index in [1.165, 1.54) is 0 Å². The summed E-state index contributed by atoms with van der Waals surface area (Å²) in [6, 6.07) is -0.0839. The molecule has 2 unspecified atom stereocenters. The molecule has 0 radical (unpaired) electrons. The van der Waals surface area contributed by atoms with E-state index in [1.807, 2.05) is 13.8 Å². The monoisotopic (exact) mass is 272 g/mol. The molecular weight excluding hydrogens is 248 g/mol. The topological polar surface area (TPSA) is 78.9 Å². The standard InChI is InChI=1S/C13H24N2O4/c1-3-11-9-15(7-8-19-11)13(18)14-10(2)5-4-6-12(16)17/h10-11H,3-9H2,1-2H3,(H,14,18)(H,16,17). The van der Waals surface area contributed by atoms with Gasteiger partial charge in [-0.25, -0.2) is 4.79 Å². The first-order valence-electron chi connectivity index (χ1n) is 6.91. The maximum atomic E-state index is 12.0. The lowest BCUT2D eigenvalue weighted by molar-refractivity contribution is -0.137. The van der Waals surface area contributed by atoms with Gasteiger partial charge in [-0.3, -0.25) is 4.79 Å². The molecule has 1 heterocycles. The van der Waals surface area contributed by atoms with Gasteiger partial charge in [-0.1, -0.05) is 6.92 Å². The number of hydrogen-bond acceptors (Lipinski definition) is 3. The Morgan fingerprint density at radius 1 is 1.53 bits per heavy atom. The molecule has 1 aliphatic rings. The van der Waals surface area contributed by atoms with Crippen LogP contribution in [0.15, 0.2) is 0 Å². The minimum Gasteiger partial charge on any atom is -0.481 e. The maximum Gasteiger partial charge on any atom is 0.317 e. The summed E-state index contributed by atoms with van der Waals surface area (Å²) in [4.78, 5) is 24.2. The van der Waals surface area contributed by atoms with Crippen molar-refractivity contribution >= 4 is 12.0 Å². The summed E-state index contributed by atoms with van der Waals surface area (Å²) in [7, 11) is 0. The van der Waals surface area contributed by atoms with E-state index in [2.05, 4.69) is 5.32 Å². The molecule has 1 rings (SSSR count). The molecule has 0 bridgehead atoms. The molecule has 0 aromatic carbocycles. The van der Waals surface area contributed by atoms with Gasteiger partial charge in [0.15, 0.2) is 0 Å². The van der Waals surface area contributed by atoms with Crippen LogP contribution in [-0.2, 0) is 9.53 Å². The van der Waals surface area contributed by atoms with E-state index >= 15 is 0 Å². The van der Waals surface area contributed by atoms with Gasteiger partial charge in [-0.05, 0) is 26.2 Å². The predicted molar refractivity (Wildman–Crippen MR) is 71.1 cm³/mol. The van der Waals surface area contributed by atoms with Crippen LogP contribution in [0.3, 0.4) is 0 Å². The quantitative estimate of drug-likeness (QED) is 0.767. The summed E-state index contributed by atoms with van der Waals surface area (Å²) in [6.45, 7) is 5.77. The van der Waals surface area contributed by atoms with Gasteiger partial charge in [0, 0.05) is 25.6 Å². The Morgan fingerprint density at radius 3 is 2.89 bits per heavy atom. The van der Waals surface area contributed by atoms with Gasteiger partial charge in [-0.2, -0.15) is 0 Å². The third kappa shape index (κ3) is 5.92. The van der Waals surface area contributed by atoms with Gasteiger partial charge < -0.3 is 20.1 Å². The molecule has 0 aromatic heterocycles. The van der Waals surface area contributed by atoms with E-state index in [0.717, 1.165) is 6.42 Å². The van der Waals surface area contributed by atoms with Crippen molar-refractivity contribution in [1.29, 1.82) is 0 Å². The smallest absolute Gasteiger partial charge is 0.317 e. The van der Waals surface area contributed by atoms with Crippen molar-refractivity contribution in [1.82, 2.24) is 10.2 Å². The van der Waals surface area contributed by atoms with E-state index in [-0.39, 0.29) is 24.6 Å². The lowest BCUT2D eigenvalue weighted by Gasteiger charge is -2.33. The molecule has 0 saturated carbocycles. The number of urea groups is 1. The highest BCUT2D eigenvalue weighted by atomic mass is 16.5. The molecule has 1 fully saturated rings. The first-order chi connectivity index (χ1) is 9.02. The second-order valence-electron chi connectivity index (χ2n) is 4.98. The molecule has 1 saturated heterocycles. The van der Waals surface area contributed by atoms with Crippen LogP contribution in [-0.4, -0.2) is 53.8 Å². The number of morpholine rings is 1. The van der Waals surface area contributed by atoms with Crippen LogP contribution in [0.1, 0.15) is 39.5 Å². The first kappa shape index (κ1) is 15.8. The molecule has 2 N–H and O–H groups in total. The van der Waals surface area contributed by atoms with Gasteiger partial charge in [0.1, 0.15) is 0 Å². The summed E-state index contributed by atoms with van der Waals surface area (Å²) in [5, 5.41) is 11.5. The van der Waals surface area contributed by atoms with Crippen molar-refractivity contribution in [3.05, 3.63) is 0 Å². The number of carboxylic acids is 1. The minimum atomic E-state index is -0.794. The number of nitrogens with zero attached hydrogens (tertiary/aromatic N) is 1. The molecular formula is C13H24N2O4. The predicted octanol–water partition coefficient (Wildman–Crippen LogP) is 1.45. The lowest BCUT2D eigenvalue weighted by atomic mass is 10.1. The molecule has 0 aromatic rings. The highest BCUT2D eigenvalue weighted by Gasteiger charge is 2.23. The summed E-state index contributed by atoms with van der Waals surface area (Å²) in [5.74, 6) is -0.794. The Hall–Kier alpha value is -1.30. The van der Waals surface area contributed by atoms with Crippen LogP contribution in [0.4, 0.5) is 4.79 Å². The van der Waals surface area contributed by atoms with E-state index in [4.69, 9.17) is 9.84 Å².